The maximum atomic E-state index is 9.24. The number of nitrogens with zero attached hydrogens (tertiary/aromatic N) is 4. The van der Waals surface area contributed by atoms with Gasteiger partial charge in [-0.2, -0.15) is 5.26 Å². The first-order valence-corrected chi connectivity index (χ1v) is 6.94. The van der Waals surface area contributed by atoms with Crippen LogP contribution in [0.15, 0.2) is 24.3 Å². The molecule has 1 heterocycles. The number of nitriles is 1. The molecular formula is C16H19N5. The first kappa shape index (κ1) is 14.8. The first-order valence-electron chi connectivity index (χ1n) is 6.94. The van der Waals surface area contributed by atoms with E-state index in [2.05, 4.69) is 23.0 Å². The van der Waals surface area contributed by atoms with E-state index in [4.69, 9.17) is 5.73 Å². The number of rotatable bonds is 4. The summed E-state index contributed by atoms with van der Waals surface area (Å²) < 4.78 is 0. The van der Waals surface area contributed by atoms with Crippen LogP contribution in [0.3, 0.4) is 0 Å². The van der Waals surface area contributed by atoms with E-state index in [0.29, 0.717) is 11.4 Å². The molecule has 0 fully saturated rings. The molecule has 5 heteroatoms. The van der Waals surface area contributed by atoms with E-state index in [0.717, 1.165) is 35.7 Å². The highest BCUT2D eigenvalue weighted by atomic mass is 15.2. The Morgan fingerprint density at radius 2 is 2.00 bits per heavy atom. The number of aryl methyl sites for hydroxylation is 1. The zero-order valence-corrected chi connectivity index (χ0v) is 12.6. The van der Waals surface area contributed by atoms with Gasteiger partial charge in [-0.3, -0.25) is 0 Å². The Bertz CT molecular complexity index is 688. The molecule has 0 aliphatic carbocycles. The number of hydrogen-bond acceptors (Lipinski definition) is 5. The summed E-state index contributed by atoms with van der Waals surface area (Å²) in [5.41, 5.74) is 8.23. The zero-order valence-electron chi connectivity index (χ0n) is 12.6. The number of nitrogens with two attached hydrogens (primary N) is 1. The average Bonchev–Trinajstić information content (AvgIpc) is 2.50. The van der Waals surface area contributed by atoms with Gasteiger partial charge in [0.2, 0.25) is 0 Å². The van der Waals surface area contributed by atoms with Crippen molar-refractivity contribution in [1.82, 2.24) is 9.97 Å². The van der Waals surface area contributed by atoms with Crippen LogP contribution in [0.1, 0.15) is 30.3 Å². The Hall–Kier alpha value is -2.61. The van der Waals surface area contributed by atoms with Crippen LogP contribution < -0.4 is 10.6 Å². The van der Waals surface area contributed by atoms with Gasteiger partial charge in [0.15, 0.2) is 0 Å². The molecular weight excluding hydrogens is 262 g/mol. The van der Waals surface area contributed by atoms with Crippen molar-refractivity contribution in [2.75, 3.05) is 17.7 Å². The van der Waals surface area contributed by atoms with E-state index in [9.17, 15) is 5.26 Å². The van der Waals surface area contributed by atoms with Crippen LogP contribution in [-0.2, 0) is 6.42 Å². The fraction of sp³-hybridized carbons (Fsp3) is 0.312. The molecule has 0 spiro atoms. The molecule has 0 saturated heterocycles. The monoisotopic (exact) mass is 281 g/mol. The molecule has 0 bridgehead atoms. The third kappa shape index (κ3) is 2.95. The van der Waals surface area contributed by atoms with Gasteiger partial charge >= 0.3 is 0 Å². The summed E-state index contributed by atoms with van der Waals surface area (Å²) in [4.78, 5) is 10.8. The largest absolute Gasteiger partial charge is 0.383 e. The Morgan fingerprint density at radius 1 is 1.29 bits per heavy atom. The van der Waals surface area contributed by atoms with Gasteiger partial charge in [-0.05, 0) is 25.5 Å². The molecule has 0 unspecified atom stereocenters. The van der Waals surface area contributed by atoms with E-state index in [-0.39, 0.29) is 0 Å². The van der Waals surface area contributed by atoms with Gasteiger partial charge in [-0.1, -0.05) is 19.1 Å². The molecule has 1 aromatic carbocycles. The lowest BCUT2D eigenvalue weighted by Gasteiger charge is -2.22. The van der Waals surface area contributed by atoms with Gasteiger partial charge in [0.1, 0.15) is 23.5 Å². The summed E-state index contributed by atoms with van der Waals surface area (Å²) >= 11 is 0. The third-order valence-corrected chi connectivity index (χ3v) is 3.38. The van der Waals surface area contributed by atoms with E-state index in [1.165, 1.54) is 0 Å². The van der Waals surface area contributed by atoms with Gasteiger partial charge < -0.3 is 10.6 Å². The van der Waals surface area contributed by atoms with Crippen molar-refractivity contribution in [3.05, 3.63) is 41.2 Å². The second-order valence-corrected chi connectivity index (χ2v) is 4.91. The summed E-state index contributed by atoms with van der Waals surface area (Å²) in [7, 11) is 1.89. The maximum absolute atomic E-state index is 9.24. The first-order chi connectivity index (χ1) is 10.1. The van der Waals surface area contributed by atoms with Crippen molar-refractivity contribution in [2.45, 2.75) is 26.7 Å². The van der Waals surface area contributed by atoms with Crippen molar-refractivity contribution in [3.63, 3.8) is 0 Å². The smallest absolute Gasteiger partial charge is 0.141 e. The van der Waals surface area contributed by atoms with Gasteiger partial charge in [0, 0.05) is 19.0 Å². The van der Waals surface area contributed by atoms with Gasteiger partial charge in [-0.15, -0.1) is 0 Å². The van der Waals surface area contributed by atoms with E-state index >= 15 is 0 Å². The molecule has 0 amide bonds. The van der Waals surface area contributed by atoms with Crippen LogP contribution >= 0.6 is 0 Å². The maximum Gasteiger partial charge on any atom is 0.141 e. The van der Waals surface area contributed by atoms with Crippen molar-refractivity contribution in [1.29, 1.82) is 5.26 Å². The zero-order chi connectivity index (χ0) is 15.4. The van der Waals surface area contributed by atoms with E-state index in [1.54, 1.807) is 6.07 Å². The number of para-hydroxylation sites is 1. The molecule has 2 rings (SSSR count). The average molecular weight is 281 g/mol. The highest BCUT2D eigenvalue weighted by Gasteiger charge is 2.15. The summed E-state index contributed by atoms with van der Waals surface area (Å²) in [5.74, 6) is 1.97. The second kappa shape index (κ2) is 6.23. The minimum atomic E-state index is 0.490. The van der Waals surface area contributed by atoms with E-state index in [1.807, 2.05) is 37.1 Å². The molecule has 5 nitrogen and oxygen atoms in total. The Balaban J connectivity index is 2.52. The fourth-order valence-electron chi connectivity index (χ4n) is 2.21. The Labute approximate surface area is 125 Å². The number of benzene rings is 1. The van der Waals surface area contributed by atoms with Crippen LogP contribution in [-0.4, -0.2) is 17.0 Å². The molecule has 0 aliphatic rings. The lowest BCUT2D eigenvalue weighted by Crippen LogP contribution is -2.17. The van der Waals surface area contributed by atoms with Gasteiger partial charge in [0.25, 0.3) is 0 Å². The lowest BCUT2D eigenvalue weighted by atomic mass is 10.1. The molecule has 0 aliphatic heterocycles. The number of anilines is 3. The van der Waals surface area contributed by atoms with Crippen LogP contribution in [0.5, 0.6) is 0 Å². The second-order valence-electron chi connectivity index (χ2n) is 4.91. The molecule has 0 atom stereocenters. The molecule has 0 radical (unpaired) electrons. The number of hydrogen-bond donors (Lipinski definition) is 1. The molecule has 2 N–H and O–H groups in total. The van der Waals surface area contributed by atoms with Crippen molar-refractivity contribution in [2.24, 2.45) is 0 Å². The highest BCUT2D eigenvalue weighted by molar-refractivity contribution is 5.70. The minimum Gasteiger partial charge on any atom is -0.383 e. The van der Waals surface area contributed by atoms with Gasteiger partial charge in [-0.25, -0.2) is 9.97 Å². The molecule has 0 saturated carbocycles. The predicted octanol–water partition coefficient (Wildman–Crippen LogP) is 2.96. The predicted molar refractivity (Wildman–Crippen MR) is 84.4 cm³/mol. The summed E-state index contributed by atoms with van der Waals surface area (Å²) in [6.45, 7) is 3.97. The summed E-state index contributed by atoms with van der Waals surface area (Å²) in [6, 6.07) is 9.64. The molecule has 21 heavy (non-hydrogen) atoms. The van der Waals surface area contributed by atoms with Gasteiger partial charge in [0.05, 0.1) is 11.3 Å². The standard InChI is InChI=1S/C16H19N5/c1-4-7-14-19-15(18)11(2)16(20-14)21(3)13-9-6-5-8-12(13)10-17/h5-6,8-9H,4,7H2,1-3H3,(H2,18,19,20). The third-order valence-electron chi connectivity index (χ3n) is 3.38. The summed E-state index contributed by atoms with van der Waals surface area (Å²) in [6.07, 6.45) is 1.74. The molecule has 2 aromatic rings. The van der Waals surface area contributed by atoms with Crippen LogP contribution in [0.2, 0.25) is 0 Å². The Morgan fingerprint density at radius 3 is 2.67 bits per heavy atom. The molecule has 1 aromatic heterocycles. The van der Waals surface area contributed by atoms with Crippen LogP contribution in [0.25, 0.3) is 0 Å². The fourth-order valence-corrected chi connectivity index (χ4v) is 2.21. The quantitative estimate of drug-likeness (QED) is 0.932. The van der Waals surface area contributed by atoms with Crippen LogP contribution in [0.4, 0.5) is 17.3 Å². The highest BCUT2D eigenvalue weighted by Crippen LogP contribution is 2.29. The minimum absolute atomic E-state index is 0.490. The lowest BCUT2D eigenvalue weighted by molar-refractivity contribution is 0.830. The summed E-state index contributed by atoms with van der Waals surface area (Å²) in [5, 5.41) is 9.24. The topological polar surface area (TPSA) is 78.8 Å². The SMILES string of the molecule is CCCc1nc(N)c(C)c(N(C)c2ccccc2C#N)n1. The van der Waals surface area contributed by atoms with Crippen molar-refractivity contribution < 1.29 is 0 Å². The normalized spacial score (nSPS) is 10.2. The van der Waals surface area contributed by atoms with Crippen molar-refractivity contribution >= 4 is 17.3 Å². The number of nitrogen functional groups attached to an aromatic ring is 1. The number of aromatic nitrogens is 2. The van der Waals surface area contributed by atoms with Crippen molar-refractivity contribution in [3.8, 4) is 6.07 Å². The molecule has 108 valence electrons. The van der Waals surface area contributed by atoms with Crippen LogP contribution in [0, 0.1) is 18.3 Å². The Kier molecular flexibility index (Phi) is 4.39. The van der Waals surface area contributed by atoms with E-state index < -0.39 is 0 Å².